The number of hydrogen-bond donors (Lipinski definition) is 1. The van der Waals surface area contributed by atoms with Crippen LogP contribution in [0, 0.1) is 0 Å². The molecule has 1 N–H and O–H groups in total. The summed E-state index contributed by atoms with van der Waals surface area (Å²) in [7, 11) is 1.62. The number of aliphatic imine (C=N–C) groups is 1. The maximum atomic E-state index is 9.95. The molecule has 0 atom stereocenters. The smallest absolute Gasteiger partial charge is 0.124 e. The Morgan fingerprint density at radius 3 is 2.60 bits per heavy atom. The Morgan fingerprint density at radius 2 is 1.84 bits per heavy atom. The molecule has 2 aromatic rings. The van der Waals surface area contributed by atoms with Crippen LogP contribution in [0.4, 0.5) is 0 Å². The number of rotatable bonds is 6. The number of nitrogens with zero attached hydrogens (tertiary/aromatic N) is 2. The van der Waals surface area contributed by atoms with Crippen LogP contribution in [0.25, 0.3) is 0 Å². The van der Waals surface area contributed by atoms with Crippen molar-refractivity contribution < 1.29 is 9.84 Å². The molecule has 1 heterocycles. The molecule has 0 radical (unpaired) electrons. The summed E-state index contributed by atoms with van der Waals surface area (Å²) >= 11 is 0. The van der Waals surface area contributed by atoms with E-state index in [9.17, 15) is 5.11 Å². The van der Waals surface area contributed by atoms with Crippen molar-refractivity contribution in [3.63, 3.8) is 0 Å². The van der Waals surface area contributed by atoms with Gasteiger partial charge in [0.2, 0.25) is 0 Å². The Labute approximate surface area is 149 Å². The molecule has 4 nitrogen and oxygen atoms in total. The molecule has 25 heavy (non-hydrogen) atoms. The van der Waals surface area contributed by atoms with Crippen molar-refractivity contribution in [2.24, 2.45) is 4.99 Å². The first-order valence-corrected chi connectivity index (χ1v) is 8.92. The summed E-state index contributed by atoms with van der Waals surface area (Å²) in [6.07, 6.45) is 5.67. The molecule has 0 bridgehead atoms. The molecular weight excluding hydrogens is 312 g/mol. The molecule has 4 heteroatoms. The van der Waals surface area contributed by atoms with Gasteiger partial charge in [-0.15, -0.1) is 0 Å². The maximum absolute atomic E-state index is 9.95. The van der Waals surface area contributed by atoms with Crippen LogP contribution in [0.2, 0.25) is 0 Å². The standard InChI is InChI=1S/C21H26N2O2/c1-25-20-9-10-21(24)19(13-20)15-22-14-17-7-3-4-8-18(17)16-23-11-5-2-6-12-23/h3-4,7-10,13,15,24H,2,5-6,11-12,14,16H2,1H3. The van der Waals surface area contributed by atoms with Gasteiger partial charge in [-0.1, -0.05) is 30.7 Å². The van der Waals surface area contributed by atoms with E-state index in [4.69, 9.17) is 4.74 Å². The third-order valence-corrected chi connectivity index (χ3v) is 4.69. The second-order valence-corrected chi connectivity index (χ2v) is 6.50. The zero-order valence-corrected chi connectivity index (χ0v) is 14.8. The third-order valence-electron chi connectivity index (χ3n) is 4.69. The number of methoxy groups -OCH3 is 1. The van der Waals surface area contributed by atoms with Gasteiger partial charge in [-0.05, 0) is 55.3 Å². The van der Waals surface area contributed by atoms with Crippen molar-refractivity contribution >= 4 is 6.21 Å². The van der Waals surface area contributed by atoms with Gasteiger partial charge in [-0.3, -0.25) is 9.89 Å². The summed E-state index contributed by atoms with van der Waals surface area (Å²) in [5, 5.41) is 9.95. The van der Waals surface area contributed by atoms with E-state index >= 15 is 0 Å². The fraction of sp³-hybridized carbons (Fsp3) is 0.381. The molecule has 1 aliphatic rings. The summed E-state index contributed by atoms with van der Waals surface area (Å²) in [4.78, 5) is 7.07. The zero-order valence-electron chi connectivity index (χ0n) is 14.8. The first-order valence-electron chi connectivity index (χ1n) is 8.92. The van der Waals surface area contributed by atoms with E-state index in [-0.39, 0.29) is 5.75 Å². The molecule has 132 valence electrons. The number of piperidine rings is 1. The van der Waals surface area contributed by atoms with Gasteiger partial charge in [0.25, 0.3) is 0 Å². The number of aromatic hydroxyl groups is 1. The van der Waals surface area contributed by atoms with Gasteiger partial charge < -0.3 is 9.84 Å². The third kappa shape index (κ3) is 4.83. The predicted molar refractivity (Wildman–Crippen MR) is 102 cm³/mol. The fourth-order valence-corrected chi connectivity index (χ4v) is 3.23. The summed E-state index contributed by atoms with van der Waals surface area (Å²) in [6.45, 7) is 3.99. The number of ether oxygens (including phenoxy) is 1. The topological polar surface area (TPSA) is 45.1 Å². The Hall–Kier alpha value is -2.33. The molecule has 0 amide bonds. The average molecular weight is 338 g/mol. The minimum Gasteiger partial charge on any atom is -0.507 e. The van der Waals surface area contributed by atoms with E-state index in [1.807, 2.05) is 0 Å². The average Bonchev–Trinajstić information content (AvgIpc) is 2.65. The first-order chi connectivity index (χ1) is 12.3. The molecule has 0 aliphatic carbocycles. The predicted octanol–water partition coefficient (Wildman–Crippen LogP) is 4.01. The van der Waals surface area contributed by atoms with Crippen LogP contribution in [-0.4, -0.2) is 36.4 Å². The van der Waals surface area contributed by atoms with Crippen LogP contribution in [0.1, 0.15) is 36.0 Å². The SMILES string of the molecule is COc1ccc(O)c(C=NCc2ccccc2CN2CCCCC2)c1. The largest absolute Gasteiger partial charge is 0.507 e. The Kier molecular flexibility index (Phi) is 6.07. The molecule has 0 spiro atoms. The lowest BCUT2D eigenvalue weighted by molar-refractivity contribution is 0.220. The normalized spacial score (nSPS) is 15.6. The summed E-state index contributed by atoms with van der Waals surface area (Å²) < 4.78 is 5.20. The van der Waals surface area contributed by atoms with Crippen molar-refractivity contribution in [3.05, 3.63) is 59.2 Å². The molecule has 0 unspecified atom stereocenters. The fourth-order valence-electron chi connectivity index (χ4n) is 3.23. The summed E-state index contributed by atoms with van der Waals surface area (Å²) in [6, 6.07) is 13.7. The lowest BCUT2D eigenvalue weighted by Crippen LogP contribution is -2.29. The van der Waals surface area contributed by atoms with E-state index < -0.39 is 0 Å². The Balaban J connectivity index is 1.68. The zero-order chi connectivity index (χ0) is 17.5. The van der Waals surface area contributed by atoms with Gasteiger partial charge >= 0.3 is 0 Å². The highest BCUT2D eigenvalue weighted by Crippen LogP contribution is 2.22. The second-order valence-electron chi connectivity index (χ2n) is 6.50. The van der Waals surface area contributed by atoms with Crippen LogP contribution in [-0.2, 0) is 13.1 Å². The van der Waals surface area contributed by atoms with E-state index in [0.717, 1.165) is 6.54 Å². The van der Waals surface area contributed by atoms with Crippen LogP contribution in [0.5, 0.6) is 11.5 Å². The van der Waals surface area contributed by atoms with Gasteiger partial charge in [0.15, 0.2) is 0 Å². The molecule has 1 aliphatic heterocycles. The molecule has 0 saturated carbocycles. The van der Waals surface area contributed by atoms with Crippen molar-refractivity contribution in [3.8, 4) is 11.5 Å². The van der Waals surface area contributed by atoms with E-state index in [2.05, 4.69) is 34.2 Å². The van der Waals surface area contributed by atoms with Crippen LogP contribution in [0.15, 0.2) is 47.5 Å². The summed E-state index contributed by atoms with van der Waals surface area (Å²) in [5.74, 6) is 0.927. The van der Waals surface area contributed by atoms with Crippen LogP contribution < -0.4 is 4.74 Å². The van der Waals surface area contributed by atoms with E-state index in [0.29, 0.717) is 17.9 Å². The number of phenolic OH excluding ortho intramolecular Hbond substituents is 1. The quantitative estimate of drug-likeness (QED) is 0.810. The molecular formula is C21H26N2O2. The highest BCUT2D eigenvalue weighted by molar-refractivity contribution is 5.84. The number of likely N-dealkylation sites (tertiary alicyclic amines) is 1. The Bertz CT molecular complexity index is 722. The molecule has 3 rings (SSSR count). The minimum absolute atomic E-state index is 0.214. The lowest BCUT2D eigenvalue weighted by atomic mass is 10.1. The maximum Gasteiger partial charge on any atom is 0.124 e. The van der Waals surface area contributed by atoms with Crippen LogP contribution in [0.3, 0.4) is 0 Å². The Morgan fingerprint density at radius 1 is 1.08 bits per heavy atom. The van der Waals surface area contributed by atoms with Gasteiger partial charge in [-0.2, -0.15) is 0 Å². The van der Waals surface area contributed by atoms with Crippen LogP contribution >= 0.6 is 0 Å². The van der Waals surface area contributed by atoms with Gasteiger partial charge in [-0.25, -0.2) is 0 Å². The van der Waals surface area contributed by atoms with Gasteiger partial charge in [0.05, 0.1) is 13.7 Å². The number of benzene rings is 2. The van der Waals surface area contributed by atoms with Gasteiger partial charge in [0.1, 0.15) is 11.5 Å². The molecule has 1 saturated heterocycles. The first kappa shape index (κ1) is 17.5. The monoisotopic (exact) mass is 338 g/mol. The molecule has 0 aromatic heterocycles. The highest BCUT2D eigenvalue weighted by atomic mass is 16.5. The lowest BCUT2D eigenvalue weighted by Gasteiger charge is -2.27. The minimum atomic E-state index is 0.214. The van der Waals surface area contributed by atoms with Crippen molar-refractivity contribution in [2.75, 3.05) is 20.2 Å². The molecule has 1 fully saturated rings. The second kappa shape index (κ2) is 8.67. The van der Waals surface area contributed by atoms with Crippen molar-refractivity contribution in [1.29, 1.82) is 0 Å². The molecule has 2 aromatic carbocycles. The number of phenols is 1. The van der Waals surface area contributed by atoms with Gasteiger partial charge in [0, 0.05) is 18.3 Å². The summed E-state index contributed by atoms with van der Waals surface area (Å²) in [5.41, 5.74) is 3.26. The van der Waals surface area contributed by atoms with Crippen molar-refractivity contribution in [2.45, 2.75) is 32.4 Å². The number of hydrogen-bond acceptors (Lipinski definition) is 4. The highest BCUT2D eigenvalue weighted by Gasteiger charge is 2.12. The van der Waals surface area contributed by atoms with Crippen molar-refractivity contribution in [1.82, 2.24) is 4.90 Å². The van der Waals surface area contributed by atoms with E-state index in [1.54, 1.807) is 31.5 Å². The van der Waals surface area contributed by atoms with E-state index in [1.165, 1.54) is 43.5 Å².